The standard InChI is InChI=1S/C20H23N3O5S/c1-12-6-5-7-16-13(2)18(27-17(12)16)20(24)22-8-10-23(11-9-22)29(25,26)19-14(3)21-28-15(19)4/h5-7H,8-11H2,1-4H3. The van der Waals surface area contributed by atoms with Crippen LogP contribution in [-0.2, 0) is 10.0 Å². The van der Waals surface area contributed by atoms with Crippen LogP contribution >= 0.6 is 0 Å². The minimum atomic E-state index is -3.71. The topological polar surface area (TPSA) is 96.9 Å². The zero-order valence-electron chi connectivity index (χ0n) is 16.9. The SMILES string of the molecule is Cc1noc(C)c1S(=O)(=O)N1CCN(C(=O)c2oc3c(C)cccc3c2C)CC1. The second-order valence-corrected chi connectivity index (χ2v) is 9.23. The Balaban J connectivity index is 1.54. The number of nitrogens with zero attached hydrogens (tertiary/aromatic N) is 3. The Morgan fingerprint density at radius 1 is 1.07 bits per heavy atom. The summed E-state index contributed by atoms with van der Waals surface area (Å²) < 4.78 is 38.2. The van der Waals surface area contributed by atoms with E-state index in [1.807, 2.05) is 32.0 Å². The van der Waals surface area contributed by atoms with Gasteiger partial charge in [-0.3, -0.25) is 4.79 Å². The second kappa shape index (κ2) is 7.00. The molecule has 8 nitrogen and oxygen atoms in total. The number of furan rings is 1. The van der Waals surface area contributed by atoms with Crippen LogP contribution < -0.4 is 0 Å². The summed E-state index contributed by atoms with van der Waals surface area (Å²) in [5.74, 6) is 0.373. The molecule has 0 atom stereocenters. The molecular formula is C20H23N3O5S. The number of aryl methyl sites for hydroxylation is 4. The van der Waals surface area contributed by atoms with Crippen molar-refractivity contribution in [2.24, 2.45) is 0 Å². The minimum absolute atomic E-state index is 0.112. The molecule has 0 bridgehead atoms. The smallest absolute Gasteiger partial charge is 0.289 e. The molecule has 0 N–H and O–H groups in total. The molecule has 9 heteroatoms. The summed E-state index contributed by atoms with van der Waals surface area (Å²) in [6, 6.07) is 5.82. The van der Waals surface area contributed by atoms with Crippen molar-refractivity contribution in [3.05, 3.63) is 46.5 Å². The van der Waals surface area contributed by atoms with Gasteiger partial charge in [0.05, 0.1) is 0 Å². The number of sulfonamides is 1. The molecule has 0 radical (unpaired) electrons. The van der Waals surface area contributed by atoms with Crippen LogP contribution in [0, 0.1) is 27.7 Å². The summed E-state index contributed by atoms with van der Waals surface area (Å²) in [5.41, 5.74) is 2.83. The maximum atomic E-state index is 13.0. The summed E-state index contributed by atoms with van der Waals surface area (Å²) in [5, 5.41) is 4.66. The first-order valence-electron chi connectivity index (χ1n) is 9.43. The minimum Gasteiger partial charge on any atom is -0.450 e. The zero-order chi connectivity index (χ0) is 20.9. The van der Waals surface area contributed by atoms with Gasteiger partial charge in [-0.1, -0.05) is 23.4 Å². The Hall–Kier alpha value is -2.65. The third-order valence-corrected chi connectivity index (χ3v) is 7.59. The molecule has 0 aliphatic carbocycles. The fraction of sp³-hybridized carbons (Fsp3) is 0.400. The molecule has 2 aromatic heterocycles. The van der Waals surface area contributed by atoms with E-state index >= 15 is 0 Å². The molecule has 1 aromatic carbocycles. The number of piperazine rings is 1. The van der Waals surface area contributed by atoms with Crippen molar-refractivity contribution in [2.45, 2.75) is 32.6 Å². The van der Waals surface area contributed by atoms with Crippen LogP contribution in [0.2, 0.25) is 0 Å². The number of amides is 1. The number of rotatable bonds is 3. The fourth-order valence-electron chi connectivity index (χ4n) is 3.84. The van der Waals surface area contributed by atoms with Crippen molar-refractivity contribution >= 4 is 26.9 Å². The highest BCUT2D eigenvalue weighted by Gasteiger charge is 2.35. The predicted molar refractivity (Wildman–Crippen MR) is 106 cm³/mol. The van der Waals surface area contributed by atoms with E-state index in [4.69, 9.17) is 8.94 Å². The first-order valence-corrected chi connectivity index (χ1v) is 10.9. The van der Waals surface area contributed by atoms with Crippen LogP contribution in [0.15, 0.2) is 32.0 Å². The average molecular weight is 417 g/mol. The highest BCUT2D eigenvalue weighted by Crippen LogP contribution is 2.29. The quantitative estimate of drug-likeness (QED) is 0.650. The van der Waals surface area contributed by atoms with Gasteiger partial charge in [-0.25, -0.2) is 8.42 Å². The van der Waals surface area contributed by atoms with Crippen LogP contribution in [0.5, 0.6) is 0 Å². The first-order chi connectivity index (χ1) is 13.7. The van der Waals surface area contributed by atoms with Crippen LogP contribution in [0.3, 0.4) is 0 Å². The van der Waals surface area contributed by atoms with E-state index in [9.17, 15) is 13.2 Å². The molecule has 29 heavy (non-hydrogen) atoms. The largest absolute Gasteiger partial charge is 0.450 e. The molecular weight excluding hydrogens is 394 g/mol. The number of para-hydroxylation sites is 1. The van der Waals surface area contributed by atoms with Gasteiger partial charge in [-0.15, -0.1) is 0 Å². The predicted octanol–water partition coefficient (Wildman–Crippen LogP) is 2.80. The van der Waals surface area contributed by atoms with E-state index in [2.05, 4.69) is 5.16 Å². The van der Waals surface area contributed by atoms with Crippen molar-refractivity contribution in [1.29, 1.82) is 0 Å². The Labute approximate surface area is 169 Å². The van der Waals surface area contributed by atoms with E-state index in [0.717, 1.165) is 16.5 Å². The van der Waals surface area contributed by atoms with Gasteiger partial charge in [0.1, 0.15) is 16.2 Å². The summed E-state index contributed by atoms with van der Waals surface area (Å²) >= 11 is 0. The van der Waals surface area contributed by atoms with E-state index in [1.165, 1.54) is 4.31 Å². The van der Waals surface area contributed by atoms with Crippen LogP contribution in [0.25, 0.3) is 11.0 Å². The Morgan fingerprint density at radius 3 is 2.34 bits per heavy atom. The number of benzene rings is 1. The van der Waals surface area contributed by atoms with Gasteiger partial charge in [0.2, 0.25) is 10.0 Å². The highest BCUT2D eigenvalue weighted by molar-refractivity contribution is 7.89. The molecule has 1 fully saturated rings. The van der Waals surface area contributed by atoms with Gasteiger partial charge in [0.15, 0.2) is 11.5 Å². The van der Waals surface area contributed by atoms with Gasteiger partial charge in [-0.05, 0) is 33.3 Å². The van der Waals surface area contributed by atoms with E-state index in [1.54, 1.807) is 18.7 Å². The van der Waals surface area contributed by atoms with Crippen LogP contribution in [-0.4, -0.2) is 54.9 Å². The lowest BCUT2D eigenvalue weighted by atomic mass is 10.1. The van der Waals surface area contributed by atoms with Gasteiger partial charge in [-0.2, -0.15) is 4.31 Å². The third kappa shape index (κ3) is 3.14. The summed E-state index contributed by atoms with van der Waals surface area (Å²) in [6.07, 6.45) is 0. The molecule has 0 spiro atoms. The van der Waals surface area contributed by atoms with Gasteiger partial charge < -0.3 is 13.8 Å². The van der Waals surface area contributed by atoms with Gasteiger partial charge in [0, 0.05) is 37.1 Å². The lowest BCUT2D eigenvalue weighted by Gasteiger charge is -2.33. The molecule has 154 valence electrons. The number of hydrogen-bond donors (Lipinski definition) is 0. The lowest BCUT2D eigenvalue weighted by Crippen LogP contribution is -2.50. The molecule has 4 rings (SSSR count). The van der Waals surface area contributed by atoms with Crippen molar-refractivity contribution < 1.29 is 22.2 Å². The molecule has 3 heterocycles. The lowest BCUT2D eigenvalue weighted by molar-refractivity contribution is 0.0667. The third-order valence-electron chi connectivity index (χ3n) is 5.45. The fourth-order valence-corrected chi connectivity index (χ4v) is 5.55. The second-order valence-electron chi connectivity index (χ2n) is 7.36. The van der Waals surface area contributed by atoms with Crippen LogP contribution in [0.4, 0.5) is 0 Å². The maximum absolute atomic E-state index is 13.0. The van der Waals surface area contributed by atoms with Gasteiger partial charge in [0.25, 0.3) is 5.91 Å². The van der Waals surface area contributed by atoms with Crippen molar-refractivity contribution in [3.63, 3.8) is 0 Å². The van der Waals surface area contributed by atoms with Crippen molar-refractivity contribution in [3.8, 4) is 0 Å². The van der Waals surface area contributed by atoms with Crippen molar-refractivity contribution in [1.82, 2.24) is 14.4 Å². The Bertz CT molecular complexity index is 1180. The van der Waals surface area contributed by atoms with E-state index in [0.29, 0.717) is 17.0 Å². The van der Waals surface area contributed by atoms with E-state index < -0.39 is 10.0 Å². The zero-order valence-corrected chi connectivity index (χ0v) is 17.7. The Morgan fingerprint density at radius 2 is 1.76 bits per heavy atom. The summed E-state index contributed by atoms with van der Waals surface area (Å²) in [4.78, 5) is 14.8. The number of fused-ring (bicyclic) bond motifs is 1. The molecule has 0 saturated carbocycles. The summed E-state index contributed by atoms with van der Waals surface area (Å²) in [6.45, 7) is 7.99. The average Bonchev–Trinajstić information content (AvgIpc) is 3.22. The Kier molecular flexibility index (Phi) is 4.74. The highest BCUT2D eigenvalue weighted by atomic mass is 32.2. The molecule has 1 saturated heterocycles. The van der Waals surface area contributed by atoms with Crippen LogP contribution in [0.1, 0.15) is 33.1 Å². The van der Waals surface area contributed by atoms with E-state index in [-0.39, 0.29) is 42.7 Å². The molecule has 1 aliphatic rings. The molecule has 1 aliphatic heterocycles. The molecule has 1 amide bonds. The van der Waals surface area contributed by atoms with Crippen molar-refractivity contribution in [2.75, 3.05) is 26.2 Å². The van der Waals surface area contributed by atoms with Gasteiger partial charge >= 0.3 is 0 Å². The first kappa shape index (κ1) is 19.7. The monoisotopic (exact) mass is 417 g/mol. The number of hydrogen-bond acceptors (Lipinski definition) is 6. The molecule has 0 unspecified atom stereocenters. The number of carbonyl (C=O) groups is 1. The molecule has 3 aromatic rings. The summed E-state index contributed by atoms with van der Waals surface area (Å²) in [7, 11) is -3.71. The normalized spacial score (nSPS) is 15.9. The number of aromatic nitrogens is 1. The maximum Gasteiger partial charge on any atom is 0.289 e. The number of carbonyl (C=O) groups excluding carboxylic acids is 1.